The van der Waals surface area contributed by atoms with Crippen LogP contribution in [0.1, 0.15) is 11.8 Å². The van der Waals surface area contributed by atoms with Crippen LogP contribution in [0.4, 0.5) is 0 Å². The molecule has 1 aromatic heterocycles. The molecule has 0 amide bonds. The van der Waals surface area contributed by atoms with Gasteiger partial charge in [0.1, 0.15) is 18.8 Å². The molecule has 3 heterocycles. The Morgan fingerprint density at radius 1 is 1.27 bits per heavy atom. The Hall–Kier alpha value is -2.27. The summed E-state index contributed by atoms with van der Waals surface area (Å²) < 4.78 is 42.9. The molecule has 0 radical (unpaired) electrons. The van der Waals surface area contributed by atoms with Crippen LogP contribution in [0.5, 0.6) is 6.01 Å². The highest BCUT2D eigenvalue weighted by Crippen LogP contribution is 2.37. The molecule has 0 unspecified atom stereocenters. The van der Waals surface area contributed by atoms with Crippen molar-refractivity contribution in [2.75, 3.05) is 6.61 Å². The third-order valence-electron chi connectivity index (χ3n) is 4.32. The SMILES string of the molecule is Cc1ccc(S(=O)(=O)O[C@@H]2[C@H](O)[C@H]3COc4nc(=O)ccn4[C@@H]2O3)cc1. The molecule has 0 saturated carbocycles. The van der Waals surface area contributed by atoms with Crippen molar-refractivity contribution < 1.29 is 27.2 Å². The second kappa shape index (κ2) is 6.16. The molecule has 9 nitrogen and oxygen atoms in total. The lowest BCUT2D eigenvalue weighted by molar-refractivity contribution is -0.0265. The Morgan fingerprint density at radius 3 is 2.73 bits per heavy atom. The van der Waals surface area contributed by atoms with Crippen LogP contribution in [-0.2, 0) is 19.0 Å². The molecule has 4 rings (SSSR count). The van der Waals surface area contributed by atoms with Gasteiger partial charge in [-0.3, -0.25) is 13.5 Å². The van der Waals surface area contributed by atoms with Crippen LogP contribution in [0.3, 0.4) is 0 Å². The van der Waals surface area contributed by atoms with E-state index in [2.05, 4.69) is 4.98 Å². The normalized spacial score (nSPS) is 27.5. The van der Waals surface area contributed by atoms with Gasteiger partial charge in [0.05, 0.1) is 4.90 Å². The van der Waals surface area contributed by atoms with E-state index in [9.17, 15) is 18.3 Å². The molecule has 1 saturated heterocycles. The summed E-state index contributed by atoms with van der Waals surface area (Å²) in [6.45, 7) is 1.75. The van der Waals surface area contributed by atoms with Crippen LogP contribution in [0, 0.1) is 6.92 Å². The van der Waals surface area contributed by atoms with Gasteiger partial charge in [0.2, 0.25) is 0 Å². The van der Waals surface area contributed by atoms with Gasteiger partial charge in [0.25, 0.3) is 15.7 Å². The molecule has 10 heteroatoms. The number of aryl methyl sites for hydroxylation is 1. The van der Waals surface area contributed by atoms with Crippen molar-refractivity contribution in [1.29, 1.82) is 0 Å². The maximum atomic E-state index is 12.6. The average Bonchev–Trinajstić information content (AvgIpc) is 2.78. The smallest absolute Gasteiger partial charge is 0.302 e. The first-order valence-corrected chi connectivity index (χ1v) is 9.31. The summed E-state index contributed by atoms with van der Waals surface area (Å²) in [4.78, 5) is 15.1. The molecule has 2 aliphatic heterocycles. The third-order valence-corrected chi connectivity index (χ3v) is 5.64. The van der Waals surface area contributed by atoms with Crippen LogP contribution >= 0.6 is 0 Å². The first kappa shape index (κ1) is 17.2. The second-order valence-electron chi connectivity index (χ2n) is 6.15. The van der Waals surface area contributed by atoms with E-state index in [1.807, 2.05) is 6.92 Å². The molecule has 2 bridgehead atoms. The van der Waals surface area contributed by atoms with Gasteiger partial charge in [0, 0.05) is 12.3 Å². The molecule has 2 aliphatic rings. The predicted molar refractivity (Wildman–Crippen MR) is 87.1 cm³/mol. The highest BCUT2D eigenvalue weighted by atomic mass is 32.2. The zero-order valence-corrected chi connectivity index (χ0v) is 14.5. The zero-order valence-electron chi connectivity index (χ0n) is 13.7. The molecule has 2 aromatic rings. The largest absolute Gasteiger partial charge is 0.462 e. The van der Waals surface area contributed by atoms with Crippen molar-refractivity contribution in [3.8, 4) is 6.01 Å². The van der Waals surface area contributed by atoms with Gasteiger partial charge >= 0.3 is 6.01 Å². The Kier molecular flexibility index (Phi) is 4.07. The maximum Gasteiger partial charge on any atom is 0.302 e. The first-order valence-electron chi connectivity index (χ1n) is 7.91. The fourth-order valence-electron chi connectivity index (χ4n) is 2.94. The average molecular weight is 380 g/mol. The molecule has 1 N–H and O–H groups in total. The number of nitrogens with zero attached hydrogens (tertiary/aromatic N) is 2. The first-order chi connectivity index (χ1) is 12.3. The summed E-state index contributed by atoms with van der Waals surface area (Å²) >= 11 is 0. The highest BCUT2D eigenvalue weighted by molar-refractivity contribution is 7.86. The fraction of sp³-hybridized carbons (Fsp3) is 0.375. The van der Waals surface area contributed by atoms with E-state index in [-0.39, 0.29) is 17.5 Å². The summed E-state index contributed by atoms with van der Waals surface area (Å²) in [7, 11) is -4.13. The number of aromatic nitrogens is 2. The van der Waals surface area contributed by atoms with Crippen molar-refractivity contribution in [2.45, 2.75) is 36.4 Å². The van der Waals surface area contributed by atoms with Crippen LogP contribution in [-0.4, -0.2) is 48.0 Å². The number of ether oxygens (including phenoxy) is 2. The number of rotatable bonds is 3. The molecule has 0 spiro atoms. The van der Waals surface area contributed by atoms with E-state index in [1.54, 1.807) is 12.1 Å². The summed E-state index contributed by atoms with van der Waals surface area (Å²) in [5, 5.41) is 10.4. The summed E-state index contributed by atoms with van der Waals surface area (Å²) in [5.41, 5.74) is 0.404. The number of hydrogen-bond acceptors (Lipinski definition) is 8. The Balaban J connectivity index is 1.69. The molecule has 26 heavy (non-hydrogen) atoms. The minimum atomic E-state index is -4.13. The molecule has 4 atom stereocenters. The number of benzene rings is 1. The summed E-state index contributed by atoms with van der Waals surface area (Å²) in [6, 6.07) is 7.34. The van der Waals surface area contributed by atoms with E-state index in [0.717, 1.165) is 5.56 Å². The Morgan fingerprint density at radius 2 is 2.00 bits per heavy atom. The van der Waals surface area contributed by atoms with Gasteiger partial charge in [-0.05, 0) is 19.1 Å². The quantitative estimate of drug-likeness (QED) is 0.738. The topological polar surface area (TPSA) is 117 Å². The van der Waals surface area contributed by atoms with Gasteiger partial charge in [-0.15, -0.1) is 0 Å². The van der Waals surface area contributed by atoms with Gasteiger partial charge in [0.15, 0.2) is 12.3 Å². The fourth-order valence-corrected chi connectivity index (χ4v) is 4.03. The third kappa shape index (κ3) is 2.90. The summed E-state index contributed by atoms with van der Waals surface area (Å²) in [5.74, 6) is 0. The number of hydrogen-bond donors (Lipinski definition) is 1. The van der Waals surface area contributed by atoms with Crippen LogP contribution in [0.2, 0.25) is 0 Å². The van der Waals surface area contributed by atoms with Crippen molar-refractivity contribution in [3.05, 3.63) is 52.4 Å². The summed E-state index contributed by atoms with van der Waals surface area (Å²) in [6.07, 6.45) is -2.88. The van der Waals surface area contributed by atoms with Crippen molar-refractivity contribution >= 4 is 10.1 Å². The van der Waals surface area contributed by atoms with Gasteiger partial charge in [-0.2, -0.15) is 13.4 Å². The minimum absolute atomic E-state index is 0.0155. The molecule has 138 valence electrons. The lowest BCUT2D eigenvalue weighted by atomic mass is 10.1. The molecule has 1 fully saturated rings. The minimum Gasteiger partial charge on any atom is -0.462 e. The Labute approximate surface area is 148 Å². The molecule has 1 aromatic carbocycles. The van der Waals surface area contributed by atoms with Crippen molar-refractivity contribution in [3.63, 3.8) is 0 Å². The predicted octanol–water partition coefficient (Wildman–Crippen LogP) is -0.0235. The van der Waals surface area contributed by atoms with Crippen LogP contribution in [0.25, 0.3) is 0 Å². The van der Waals surface area contributed by atoms with Crippen molar-refractivity contribution in [1.82, 2.24) is 9.55 Å². The highest BCUT2D eigenvalue weighted by Gasteiger charge is 2.50. The standard InChI is InChI=1S/C16H16N2O7S/c1-9-2-4-10(5-3-9)26(21,22)25-14-13(20)11-8-23-16-17-12(19)6-7-18(16)15(14)24-11/h2-7,11,13-15,20H,8H2,1H3/t11-,13-,14-,15-/m1/s1. The lowest BCUT2D eigenvalue weighted by Gasteiger charge is -2.24. The number of aliphatic hydroxyl groups is 1. The number of aliphatic hydroxyl groups excluding tert-OH is 1. The van der Waals surface area contributed by atoms with Crippen molar-refractivity contribution in [2.24, 2.45) is 0 Å². The monoisotopic (exact) mass is 380 g/mol. The van der Waals surface area contributed by atoms with Gasteiger partial charge < -0.3 is 14.6 Å². The molecule has 0 aliphatic carbocycles. The van der Waals surface area contributed by atoms with E-state index < -0.39 is 40.2 Å². The molecular formula is C16H16N2O7S. The Bertz CT molecular complexity index is 986. The lowest BCUT2D eigenvalue weighted by Crippen LogP contribution is -2.40. The van der Waals surface area contributed by atoms with Gasteiger partial charge in [-0.25, -0.2) is 0 Å². The van der Waals surface area contributed by atoms with E-state index in [1.165, 1.54) is 29.0 Å². The zero-order chi connectivity index (χ0) is 18.5. The second-order valence-corrected chi connectivity index (χ2v) is 7.72. The van der Waals surface area contributed by atoms with E-state index in [4.69, 9.17) is 13.7 Å². The van der Waals surface area contributed by atoms with Gasteiger partial charge in [-0.1, -0.05) is 17.7 Å². The van der Waals surface area contributed by atoms with Crippen LogP contribution < -0.4 is 10.3 Å². The molecular weight excluding hydrogens is 364 g/mol. The maximum absolute atomic E-state index is 12.6. The van der Waals surface area contributed by atoms with E-state index in [0.29, 0.717) is 0 Å². The number of fused-ring (bicyclic) bond motifs is 4. The van der Waals surface area contributed by atoms with Crippen LogP contribution in [0.15, 0.2) is 46.2 Å². The van der Waals surface area contributed by atoms with E-state index >= 15 is 0 Å².